The first-order valence-electron chi connectivity index (χ1n) is 11.2. The van der Waals surface area contributed by atoms with Gasteiger partial charge < -0.3 is 15.1 Å². The van der Waals surface area contributed by atoms with Gasteiger partial charge in [0.05, 0.1) is 22.4 Å². The number of para-hydroxylation sites is 1. The molecule has 7 nitrogen and oxygen atoms in total. The first-order chi connectivity index (χ1) is 16.8. The van der Waals surface area contributed by atoms with Crippen LogP contribution in [-0.4, -0.2) is 38.1 Å². The fourth-order valence-electron chi connectivity index (χ4n) is 4.53. The van der Waals surface area contributed by atoms with Crippen molar-refractivity contribution < 1.29 is 15.0 Å². The van der Waals surface area contributed by atoms with Gasteiger partial charge in [-0.1, -0.05) is 35.9 Å². The van der Waals surface area contributed by atoms with Crippen molar-refractivity contribution in [1.82, 2.24) is 9.99 Å². The standard InChI is InChI=1S/C27H24N4O3S/c1-16-7-10-20(11-8-16)31-23-6-4-3-5-21(23)24(25(31)32)17(2)28-29-27(35)30-14-13-18-15-19(26(33)34)9-12-22(18)30/h3-12,15,32H,13-14H2,1-2H3,(H,29,35)(H,33,34)/b28-17+. The molecule has 1 aromatic heterocycles. The van der Waals surface area contributed by atoms with Crippen molar-refractivity contribution in [3.63, 3.8) is 0 Å². The summed E-state index contributed by atoms with van der Waals surface area (Å²) in [5.74, 6) is -0.839. The van der Waals surface area contributed by atoms with E-state index in [0.29, 0.717) is 29.4 Å². The summed E-state index contributed by atoms with van der Waals surface area (Å²) in [6.07, 6.45) is 0.700. The van der Waals surface area contributed by atoms with Gasteiger partial charge in [-0.2, -0.15) is 5.10 Å². The molecule has 1 aliphatic rings. The third-order valence-electron chi connectivity index (χ3n) is 6.29. The predicted octanol–water partition coefficient (Wildman–Crippen LogP) is 5.00. The van der Waals surface area contributed by atoms with Crippen LogP contribution in [0, 0.1) is 6.92 Å². The zero-order valence-corrected chi connectivity index (χ0v) is 20.1. The van der Waals surface area contributed by atoms with Gasteiger partial charge in [0.1, 0.15) is 0 Å². The van der Waals surface area contributed by atoms with Crippen LogP contribution in [0.4, 0.5) is 5.69 Å². The van der Waals surface area contributed by atoms with Crippen molar-refractivity contribution in [3.05, 3.63) is 89.0 Å². The van der Waals surface area contributed by atoms with E-state index in [9.17, 15) is 15.0 Å². The summed E-state index contributed by atoms with van der Waals surface area (Å²) in [4.78, 5) is 13.2. The molecular formula is C27H24N4O3S. The van der Waals surface area contributed by atoms with Gasteiger partial charge in [-0.05, 0) is 74.4 Å². The molecule has 35 heavy (non-hydrogen) atoms. The second-order valence-corrected chi connectivity index (χ2v) is 8.94. The minimum Gasteiger partial charge on any atom is -0.494 e. The van der Waals surface area contributed by atoms with E-state index in [0.717, 1.165) is 33.4 Å². The van der Waals surface area contributed by atoms with Gasteiger partial charge in [0.15, 0.2) is 5.11 Å². The number of carboxylic acid groups (broad SMARTS) is 1. The number of anilines is 1. The molecule has 8 heteroatoms. The second-order valence-electron chi connectivity index (χ2n) is 8.55. The Morgan fingerprint density at radius 1 is 1.09 bits per heavy atom. The topological polar surface area (TPSA) is 90.1 Å². The van der Waals surface area contributed by atoms with E-state index in [2.05, 4.69) is 10.5 Å². The Bertz CT molecular complexity index is 1510. The number of hydrogen-bond donors (Lipinski definition) is 3. The molecule has 3 N–H and O–H groups in total. The molecular weight excluding hydrogens is 460 g/mol. The molecule has 0 bridgehead atoms. The number of rotatable bonds is 4. The van der Waals surface area contributed by atoms with Crippen molar-refractivity contribution >= 4 is 45.6 Å². The average molecular weight is 485 g/mol. The highest BCUT2D eigenvalue weighted by Crippen LogP contribution is 2.35. The molecule has 0 spiro atoms. The maximum Gasteiger partial charge on any atom is 0.335 e. The maximum absolute atomic E-state index is 11.3. The summed E-state index contributed by atoms with van der Waals surface area (Å²) in [5.41, 5.74) is 9.14. The minimum atomic E-state index is -0.947. The van der Waals surface area contributed by atoms with Crippen LogP contribution in [0.3, 0.4) is 0 Å². The quantitative estimate of drug-likeness (QED) is 0.215. The molecule has 176 valence electrons. The fraction of sp³-hybridized carbons (Fsp3) is 0.148. The van der Waals surface area contributed by atoms with E-state index in [-0.39, 0.29) is 11.4 Å². The number of hydrazone groups is 1. The molecule has 3 aromatic carbocycles. The second kappa shape index (κ2) is 8.88. The lowest BCUT2D eigenvalue weighted by Gasteiger charge is -2.19. The van der Waals surface area contributed by atoms with Crippen molar-refractivity contribution in [2.45, 2.75) is 20.3 Å². The van der Waals surface area contributed by atoms with Gasteiger partial charge in [-0.15, -0.1) is 0 Å². The Hall–Kier alpha value is -4.17. The van der Waals surface area contributed by atoms with Gasteiger partial charge in [0, 0.05) is 23.3 Å². The number of aryl methyl sites for hydroxylation is 1. The zero-order valence-electron chi connectivity index (χ0n) is 19.3. The highest BCUT2D eigenvalue weighted by atomic mass is 32.1. The predicted molar refractivity (Wildman–Crippen MR) is 142 cm³/mol. The Kier molecular flexibility index (Phi) is 5.74. The number of carboxylic acids is 1. The van der Waals surface area contributed by atoms with Crippen LogP contribution in [0.5, 0.6) is 5.88 Å². The number of nitrogens with one attached hydrogen (secondary N) is 1. The number of benzene rings is 3. The molecule has 4 aromatic rings. The van der Waals surface area contributed by atoms with Crippen LogP contribution >= 0.6 is 12.2 Å². The van der Waals surface area contributed by atoms with E-state index in [1.54, 1.807) is 18.2 Å². The molecule has 0 unspecified atom stereocenters. The van der Waals surface area contributed by atoms with E-state index < -0.39 is 5.97 Å². The van der Waals surface area contributed by atoms with E-state index in [4.69, 9.17) is 12.2 Å². The average Bonchev–Trinajstić information content (AvgIpc) is 3.41. The van der Waals surface area contributed by atoms with Gasteiger partial charge in [0.2, 0.25) is 5.88 Å². The van der Waals surface area contributed by atoms with Crippen LogP contribution in [0.15, 0.2) is 71.8 Å². The molecule has 0 amide bonds. The van der Waals surface area contributed by atoms with Crippen molar-refractivity contribution in [1.29, 1.82) is 0 Å². The normalized spacial score (nSPS) is 13.2. The number of aromatic carboxylic acids is 1. The Balaban J connectivity index is 1.45. The van der Waals surface area contributed by atoms with Crippen LogP contribution in [0.2, 0.25) is 0 Å². The highest BCUT2D eigenvalue weighted by molar-refractivity contribution is 7.80. The van der Waals surface area contributed by atoms with Crippen LogP contribution in [-0.2, 0) is 6.42 Å². The van der Waals surface area contributed by atoms with Crippen LogP contribution in [0.1, 0.15) is 34.0 Å². The lowest BCUT2D eigenvalue weighted by molar-refractivity contribution is 0.0697. The van der Waals surface area contributed by atoms with Crippen molar-refractivity contribution in [2.75, 3.05) is 11.4 Å². The van der Waals surface area contributed by atoms with E-state index in [1.807, 2.05) is 71.8 Å². The van der Waals surface area contributed by atoms with Crippen LogP contribution in [0.25, 0.3) is 16.6 Å². The summed E-state index contributed by atoms with van der Waals surface area (Å²) < 4.78 is 1.82. The largest absolute Gasteiger partial charge is 0.494 e. The van der Waals surface area contributed by atoms with Gasteiger partial charge in [0.25, 0.3) is 0 Å². The fourth-order valence-corrected chi connectivity index (χ4v) is 4.77. The van der Waals surface area contributed by atoms with Crippen molar-refractivity contribution in [3.8, 4) is 11.6 Å². The summed E-state index contributed by atoms with van der Waals surface area (Å²) >= 11 is 5.59. The first-order valence-corrected chi connectivity index (χ1v) is 11.6. The zero-order chi connectivity index (χ0) is 24.7. The molecule has 0 aliphatic carbocycles. The number of thiocarbonyl (C=S) groups is 1. The van der Waals surface area contributed by atoms with Gasteiger partial charge in [-0.3, -0.25) is 9.99 Å². The lowest BCUT2D eigenvalue weighted by Crippen LogP contribution is -2.36. The number of hydrogen-bond acceptors (Lipinski definition) is 4. The lowest BCUT2D eigenvalue weighted by atomic mass is 10.1. The number of nitrogens with zero attached hydrogens (tertiary/aromatic N) is 3. The number of carbonyl (C=O) groups is 1. The summed E-state index contributed by atoms with van der Waals surface area (Å²) in [5, 5.41) is 26.3. The minimum absolute atomic E-state index is 0.108. The van der Waals surface area contributed by atoms with Crippen LogP contribution < -0.4 is 10.3 Å². The number of aromatic nitrogens is 1. The Labute approximate surface area is 207 Å². The maximum atomic E-state index is 11.3. The Morgan fingerprint density at radius 3 is 2.57 bits per heavy atom. The summed E-state index contributed by atoms with van der Waals surface area (Å²) in [6, 6.07) is 20.8. The summed E-state index contributed by atoms with van der Waals surface area (Å²) in [6.45, 7) is 4.49. The molecule has 1 aliphatic heterocycles. The molecule has 0 fully saturated rings. The van der Waals surface area contributed by atoms with Gasteiger partial charge in [-0.25, -0.2) is 4.79 Å². The number of fused-ring (bicyclic) bond motifs is 2. The molecule has 2 heterocycles. The smallest absolute Gasteiger partial charge is 0.335 e. The SMILES string of the molecule is C/C(=N\NC(=S)N1CCc2cc(C(=O)O)ccc21)c1c(O)n(-c2ccc(C)cc2)c2ccccc12. The number of aromatic hydroxyl groups is 1. The van der Waals surface area contributed by atoms with E-state index in [1.165, 1.54) is 0 Å². The molecule has 0 atom stereocenters. The Morgan fingerprint density at radius 2 is 1.83 bits per heavy atom. The monoisotopic (exact) mass is 484 g/mol. The molecule has 0 radical (unpaired) electrons. The highest BCUT2D eigenvalue weighted by Gasteiger charge is 2.24. The van der Waals surface area contributed by atoms with Crippen molar-refractivity contribution in [2.24, 2.45) is 5.10 Å². The van der Waals surface area contributed by atoms with E-state index >= 15 is 0 Å². The molecule has 0 saturated heterocycles. The first kappa shape index (κ1) is 22.6. The summed E-state index contributed by atoms with van der Waals surface area (Å²) in [7, 11) is 0. The molecule has 0 saturated carbocycles. The van der Waals surface area contributed by atoms with Gasteiger partial charge >= 0.3 is 5.97 Å². The third-order valence-corrected chi connectivity index (χ3v) is 6.60. The molecule has 5 rings (SSSR count). The third kappa shape index (κ3) is 4.02.